The number of nitrogens with one attached hydrogen (secondary N) is 2. The van der Waals surface area contributed by atoms with Crippen LogP contribution in [0.4, 0.5) is 0 Å². The van der Waals surface area contributed by atoms with E-state index < -0.39 is 16.7 Å². The molecule has 2 unspecified atom stereocenters. The van der Waals surface area contributed by atoms with E-state index in [4.69, 9.17) is 14.7 Å². The monoisotopic (exact) mass is 430 g/mol. The van der Waals surface area contributed by atoms with Crippen LogP contribution in [0, 0.1) is 5.41 Å². The zero-order valence-electron chi connectivity index (χ0n) is 18.7. The van der Waals surface area contributed by atoms with Crippen LogP contribution in [0.2, 0.25) is 0 Å². The summed E-state index contributed by atoms with van der Waals surface area (Å²) in [6, 6.07) is 14.4. The number of aromatic nitrogens is 2. The molecule has 3 aromatic rings. The van der Waals surface area contributed by atoms with Crippen LogP contribution in [-0.2, 0) is 15.6 Å². The lowest BCUT2D eigenvalue weighted by atomic mass is 9.63. The third-order valence-electron chi connectivity index (χ3n) is 7.97. The predicted molar refractivity (Wildman–Crippen MR) is 120 cm³/mol. The van der Waals surface area contributed by atoms with Crippen LogP contribution in [-0.4, -0.2) is 28.9 Å². The second kappa shape index (κ2) is 6.76. The number of carbonyl (C=O) groups is 2. The van der Waals surface area contributed by atoms with Crippen LogP contribution in [0.3, 0.4) is 0 Å². The Morgan fingerprint density at radius 3 is 2.12 bits per heavy atom. The Kier molecular flexibility index (Phi) is 4.31. The zero-order valence-corrected chi connectivity index (χ0v) is 18.7. The smallest absolute Gasteiger partial charge is 0.269 e. The summed E-state index contributed by atoms with van der Waals surface area (Å²) in [5.74, 6) is 0.0139. The van der Waals surface area contributed by atoms with Crippen molar-refractivity contribution in [3.8, 4) is 5.75 Å². The number of rotatable bonds is 3. The summed E-state index contributed by atoms with van der Waals surface area (Å²) in [6.07, 6.45) is 1.49. The molecule has 164 valence electrons. The minimum atomic E-state index is -0.874. The topological polar surface area (TPSA) is 93.2 Å². The molecule has 2 bridgehead atoms. The Labute approximate surface area is 186 Å². The van der Waals surface area contributed by atoms with Crippen LogP contribution >= 0.6 is 0 Å². The average Bonchev–Trinajstić information content (AvgIpc) is 3.10. The average molecular weight is 431 g/mol. The van der Waals surface area contributed by atoms with Gasteiger partial charge in [0.1, 0.15) is 11.2 Å². The fourth-order valence-corrected chi connectivity index (χ4v) is 5.58. The van der Waals surface area contributed by atoms with Gasteiger partial charge in [-0.25, -0.2) is 9.97 Å². The highest BCUT2D eigenvalue weighted by Gasteiger charge is 2.73. The van der Waals surface area contributed by atoms with Gasteiger partial charge in [-0.3, -0.25) is 20.4 Å². The normalized spacial score (nSPS) is 24.8. The summed E-state index contributed by atoms with van der Waals surface area (Å²) in [7, 11) is 1.57. The fraction of sp³-hybridized carbons (Fsp3) is 0.360. The highest BCUT2D eigenvalue weighted by atomic mass is 16.5. The van der Waals surface area contributed by atoms with E-state index in [-0.39, 0.29) is 11.3 Å². The first-order valence-electron chi connectivity index (χ1n) is 10.8. The Hall–Kier alpha value is -3.48. The highest BCUT2D eigenvalue weighted by Crippen LogP contribution is 2.70. The van der Waals surface area contributed by atoms with Gasteiger partial charge >= 0.3 is 0 Å². The standard InChI is InChI=1S/C25H26N4O3/c1-23(2)24(3)13-14-25(23,20-19(24)26-17-7-5-6-8-18(17)27-20)22(31)29-28-21(30)15-9-11-16(32-4)12-10-15/h5-12H,13-14H2,1-4H3,(H,28,30)(H,29,31). The van der Waals surface area contributed by atoms with Gasteiger partial charge in [0, 0.05) is 11.0 Å². The number of methoxy groups -OCH3 is 1. The Morgan fingerprint density at radius 2 is 1.50 bits per heavy atom. The third-order valence-corrected chi connectivity index (χ3v) is 7.97. The Balaban J connectivity index is 1.49. The number of fused-ring (bicyclic) bond motifs is 6. The first-order valence-corrected chi connectivity index (χ1v) is 10.8. The molecule has 2 aromatic carbocycles. The highest BCUT2D eigenvalue weighted by molar-refractivity contribution is 5.98. The van der Waals surface area contributed by atoms with Crippen molar-refractivity contribution in [3.63, 3.8) is 0 Å². The number of ether oxygens (including phenoxy) is 1. The molecule has 2 aliphatic rings. The molecular weight excluding hydrogens is 404 g/mol. The minimum absolute atomic E-state index is 0.253. The van der Waals surface area contributed by atoms with E-state index in [2.05, 4.69) is 31.6 Å². The van der Waals surface area contributed by atoms with Gasteiger partial charge in [-0.2, -0.15) is 0 Å². The molecule has 5 rings (SSSR count). The molecule has 1 heterocycles. The molecule has 0 aliphatic heterocycles. The second-order valence-corrected chi connectivity index (χ2v) is 9.41. The summed E-state index contributed by atoms with van der Waals surface area (Å²) < 4.78 is 5.13. The molecule has 0 saturated heterocycles. The van der Waals surface area contributed by atoms with Crippen molar-refractivity contribution in [1.82, 2.24) is 20.8 Å². The van der Waals surface area contributed by atoms with E-state index in [0.29, 0.717) is 17.7 Å². The number of benzene rings is 2. The molecule has 0 radical (unpaired) electrons. The molecule has 2 atom stereocenters. The summed E-state index contributed by atoms with van der Waals surface area (Å²) in [5.41, 5.74) is 7.35. The van der Waals surface area contributed by atoms with E-state index in [1.807, 2.05) is 24.3 Å². The number of hydrogen-bond acceptors (Lipinski definition) is 5. The van der Waals surface area contributed by atoms with E-state index in [1.54, 1.807) is 31.4 Å². The van der Waals surface area contributed by atoms with Crippen LogP contribution < -0.4 is 15.6 Å². The molecular formula is C25H26N4O3. The molecule has 1 saturated carbocycles. The molecule has 7 nitrogen and oxygen atoms in total. The van der Waals surface area contributed by atoms with Crippen LogP contribution in [0.15, 0.2) is 48.5 Å². The van der Waals surface area contributed by atoms with Gasteiger partial charge in [-0.1, -0.05) is 32.9 Å². The Bertz CT molecular complexity index is 1250. The molecule has 1 aromatic heterocycles. The van der Waals surface area contributed by atoms with Gasteiger partial charge in [0.2, 0.25) is 0 Å². The Morgan fingerprint density at radius 1 is 0.875 bits per heavy atom. The largest absolute Gasteiger partial charge is 0.497 e. The second-order valence-electron chi connectivity index (χ2n) is 9.41. The molecule has 32 heavy (non-hydrogen) atoms. The van der Waals surface area contributed by atoms with Crippen molar-refractivity contribution in [2.24, 2.45) is 5.41 Å². The van der Waals surface area contributed by atoms with Crippen molar-refractivity contribution < 1.29 is 14.3 Å². The quantitative estimate of drug-likeness (QED) is 0.621. The SMILES string of the molecule is COc1ccc(C(=O)NNC(=O)C23CCC(C)(c4nc5ccccc5nc42)C3(C)C)cc1. The minimum Gasteiger partial charge on any atom is -0.497 e. The van der Waals surface area contributed by atoms with Gasteiger partial charge in [-0.15, -0.1) is 0 Å². The summed E-state index contributed by atoms with van der Waals surface area (Å²) in [6.45, 7) is 6.39. The van der Waals surface area contributed by atoms with Crippen LogP contribution in [0.1, 0.15) is 55.4 Å². The predicted octanol–water partition coefficient (Wildman–Crippen LogP) is 3.43. The maximum atomic E-state index is 13.7. The summed E-state index contributed by atoms with van der Waals surface area (Å²) in [5, 5.41) is 0. The lowest BCUT2D eigenvalue weighted by Crippen LogP contribution is -2.55. The molecule has 2 amide bonds. The number of nitrogens with zero attached hydrogens (tertiary/aromatic N) is 2. The van der Waals surface area contributed by atoms with E-state index in [0.717, 1.165) is 28.8 Å². The fourth-order valence-electron chi connectivity index (χ4n) is 5.58. The third kappa shape index (κ3) is 2.48. The van der Waals surface area contributed by atoms with Crippen molar-refractivity contribution >= 4 is 22.8 Å². The van der Waals surface area contributed by atoms with Crippen molar-refractivity contribution in [2.75, 3.05) is 7.11 Å². The molecule has 2 aliphatic carbocycles. The summed E-state index contributed by atoms with van der Waals surface area (Å²) >= 11 is 0. The maximum Gasteiger partial charge on any atom is 0.269 e. The van der Waals surface area contributed by atoms with Gasteiger partial charge in [0.25, 0.3) is 11.8 Å². The van der Waals surface area contributed by atoms with E-state index in [1.165, 1.54) is 0 Å². The van der Waals surface area contributed by atoms with E-state index in [9.17, 15) is 9.59 Å². The number of hydrogen-bond donors (Lipinski definition) is 2. The van der Waals surface area contributed by atoms with E-state index >= 15 is 0 Å². The molecule has 7 heteroatoms. The van der Waals surface area contributed by atoms with Gasteiger partial charge < -0.3 is 4.74 Å². The molecule has 0 spiro atoms. The number of amides is 2. The number of hydrazine groups is 1. The maximum absolute atomic E-state index is 13.7. The molecule has 1 fully saturated rings. The molecule has 2 N–H and O–H groups in total. The number of carbonyl (C=O) groups excluding carboxylic acids is 2. The lowest BCUT2D eigenvalue weighted by molar-refractivity contribution is -0.131. The van der Waals surface area contributed by atoms with Crippen LogP contribution in [0.5, 0.6) is 5.75 Å². The van der Waals surface area contributed by atoms with Crippen molar-refractivity contribution in [2.45, 2.75) is 44.4 Å². The first kappa shape index (κ1) is 20.4. The van der Waals surface area contributed by atoms with Gasteiger partial charge in [0.05, 0.1) is 29.5 Å². The van der Waals surface area contributed by atoms with Gasteiger partial charge in [-0.05, 0) is 54.7 Å². The van der Waals surface area contributed by atoms with Gasteiger partial charge in [0.15, 0.2) is 0 Å². The first-order chi connectivity index (χ1) is 15.2. The van der Waals surface area contributed by atoms with Crippen molar-refractivity contribution in [3.05, 3.63) is 65.5 Å². The van der Waals surface area contributed by atoms with Crippen LogP contribution in [0.25, 0.3) is 11.0 Å². The van der Waals surface area contributed by atoms with Crippen molar-refractivity contribution in [1.29, 1.82) is 0 Å². The zero-order chi connectivity index (χ0) is 22.7. The summed E-state index contributed by atoms with van der Waals surface area (Å²) in [4.78, 5) is 36.2. The number of para-hydroxylation sites is 2. The lowest BCUT2D eigenvalue weighted by Gasteiger charge is -2.39.